The fourth-order valence-corrected chi connectivity index (χ4v) is 5.86. The number of hydrogen-bond acceptors (Lipinski definition) is 6. The number of methoxy groups -OCH3 is 2. The van der Waals surface area contributed by atoms with E-state index in [-0.39, 0.29) is 11.5 Å². The lowest BCUT2D eigenvalue weighted by Gasteiger charge is -2.35. The van der Waals surface area contributed by atoms with Crippen molar-refractivity contribution in [3.8, 4) is 11.5 Å². The Kier molecular flexibility index (Phi) is 5.33. The first-order valence-electron chi connectivity index (χ1n) is 11.9. The zero-order valence-corrected chi connectivity index (χ0v) is 20.1. The van der Waals surface area contributed by atoms with E-state index < -0.39 is 41.6 Å². The first kappa shape index (κ1) is 23.0. The third-order valence-electron chi connectivity index (χ3n) is 7.48. The molecule has 186 valence electrons. The van der Waals surface area contributed by atoms with Crippen LogP contribution in [0.5, 0.6) is 11.5 Å². The van der Waals surface area contributed by atoms with Crippen LogP contribution < -0.4 is 14.4 Å². The average Bonchev–Trinajstić information content (AvgIpc) is 3.40. The lowest BCUT2D eigenvalue weighted by atomic mass is 9.83. The second kappa shape index (κ2) is 8.58. The molecule has 4 atom stereocenters. The summed E-state index contributed by atoms with van der Waals surface area (Å²) in [5.74, 6) is -2.48. The normalized spacial score (nSPS) is 23.5. The van der Waals surface area contributed by atoms with Crippen molar-refractivity contribution in [3.63, 3.8) is 0 Å². The molecule has 3 aromatic carbocycles. The summed E-state index contributed by atoms with van der Waals surface area (Å²) in [6.07, 6.45) is 3.70. The maximum absolute atomic E-state index is 14.1. The van der Waals surface area contributed by atoms with E-state index in [0.29, 0.717) is 17.1 Å². The van der Waals surface area contributed by atoms with Gasteiger partial charge in [0.05, 0.1) is 37.8 Å². The van der Waals surface area contributed by atoms with E-state index in [2.05, 4.69) is 0 Å². The molecule has 0 saturated carbocycles. The first-order valence-corrected chi connectivity index (χ1v) is 11.9. The molecule has 37 heavy (non-hydrogen) atoms. The minimum Gasteiger partial charge on any atom is -0.493 e. The summed E-state index contributed by atoms with van der Waals surface area (Å²) in [5, 5.41) is 0. The molecule has 3 aliphatic rings. The zero-order valence-electron chi connectivity index (χ0n) is 20.1. The molecule has 0 radical (unpaired) electrons. The number of Topliss-reactive ketones (excluding diaryl/α,β-unsaturated/α-hetero) is 1. The SMILES string of the molecule is COc1ccc(C(=O)[C@@H]2[C@@H]3C(=O)N(c4ccc(F)cc4)C(=O)[C@H]3[C@@H]3c4ccccc4C=CN23)cc1OC. The van der Waals surface area contributed by atoms with Crippen LogP contribution in [-0.2, 0) is 9.59 Å². The van der Waals surface area contributed by atoms with E-state index in [1.54, 1.807) is 24.4 Å². The largest absolute Gasteiger partial charge is 0.493 e. The number of carbonyl (C=O) groups excluding carboxylic acids is 3. The second-order valence-corrected chi connectivity index (χ2v) is 9.26. The quantitative estimate of drug-likeness (QED) is 0.387. The van der Waals surface area contributed by atoms with Gasteiger partial charge in [0.15, 0.2) is 17.3 Å². The van der Waals surface area contributed by atoms with Gasteiger partial charge < -0.3 is 14.4 Å². The Morgan fingerprint density at radius 3 is 2.30 bits per heavy atom. The Hall–Kier alpha value is -4.46. The van der Waals surface area contributed by atoms with Gasteiger partial charge in [-0.05, 0) is 59.7 Å². The molecule has 2 saturated heterocycles. The average molecular weight is 499 g/mol. The summed E-state index contributed by atoms with van der Waals surface area (Å²) >= 11 is 0. The van der Waals surface area contributed by atoms with Crippen LogP contribution in [0.25, 0.3) is 6.08 Å². The summed E-state index contributed by atoms with van der Waals surface area (Å²) in [7, 11) is 2.99. The first-order chi connectivity index (χ1) is 17.9. The number of anilines is 1. The Balaban J connectivity index is 1.48. The Morgan fingerprint density at radius 2 is 1.57 bits per heavy atom. The van der Waals surface area contributed by atoms with Crippen molar-refractivity contribution in [1.82, 2.24) is 4.90 Å². The number of halogens is 1. The number of amides is 2. The zero-order chi connectivity index (χ0) is 25.8. The molecule has 0 bridgehead atoms. The van der Waals surface area contributed by atoms with E-state index in [0.717, 1.165) is 16.0 Å². The van der Waals surface area contributed by atoms with Crippen LogP contribution in [0.15, 0.2) is 72.9 Å². The smallest absolute Gasteiger partial charge is 0.240 e. The minimum atomic E-state index is -0.918. The van der Waals surface area contributed by atoms with Crippen LogP contribution in [-0.4, -0.2) is 42.8 Å². The summed E-state index contributed by atoms with van der Waals surface area (Å²) in [6, 6.07) is 16.3. The number of carbonyl (C=O) groups is 3. The summed E-state index contributed by atoms with van der Waals surface area (Å²) in [4.78, 5) is 44.7. The highest BCUT2D eigenvalue weighted by atomic mass is 19.1. The van der Waals surface area contributed by atoms with Crippen LogP contribution in [0, 0.1) is 17.7 Å². The Labute approximate surface area is 212 Å². The molecule has 6 rings (SSSR count). The molecule has 0 spiro atoms. The Bertz CT molecular complexity index is 1470. The number of ether oxygens (including phenoxy) is 2. The summed E-state index contributed by atoms with van der Waals surface area (Å²) < 4.78 is 24.3. The molecule has 2 amide bonds. The molecule has 3 aliphatic heterocycles. The standard InChI is InChI=1S/C29H23FN2O5/c1-36-21-12-7-17(15-22(21)37-2)27(33)26-24-23(25-20-6-4-3-5-16(20)13-14-31(25)26)28(34)32(29(24)35)19-10-8-18(30)9-11-19/h3-15,23-26H,1-2H3/t23-,24-,25+,26+/m1/s1. The van der Waals surface area contributed by atoms with Gasteiger partial charge >= 0.3 is 0 Å². The third-order valence-corrected chi connectivity index (χ3v) is 7.48. The molecule has 0 aromatic heterocycles. The van der Waals surface area contributed by atoms with Gasteiger partial charge in [-0.2, -0.15) is 0 Å². The lowest BCUT2D eigenvalue weighted by molar-refractivity contribution is -0.123. The van der Waals surface area contributed by atoms with Crippen LogP contribution in [0.2, 0.25) is 0 Å². The minimum absolute atomic E-state index is 0.286. The van der Waals surface area contributed by atoms with Crippen molar-refractivity contribution in [3.05, 3.63) is 95.4 Å². The van der Waals surface area contributed by atoms with Gasteiger partial charge in [0.25, 0.3) is 0 Å². The van der Waals surface area contributed by atoms with E-state index in [9.17, 15) is 18.8 Å². The fraction of sp³-hybridized carbons (Fsp3) is 0.207. The number of nitrogens with zero attached hydrogens (tertiary/aromatic N) is 2. The molecule has 0 aliphatic carbocycles. The van der Waals surface area contributed by atoms with Crippen molar-refractivity contribution in [2.75, 3.05) is 19.1 Å². The number of fused-ring (bicyclic) bond motifs is 5. The highest BCUT2D eigenvalue weighted by Gasteiger charge is 2.64. The van der Waals surface area contributed by atoms with Gasteiger partial charge in [0.2, 0.25) is 11.8 Å². The maximum atomic E-state index is 14.1. The van der Waals surface area contributed by atoms with Crippen LogP contribution in [0.4, 0.5) is 10.1 Å². The van der Waals surface area contributed by atoms with Gasteiger partial charge in [0.1, 0.15) is 11.9 Å². The predicted octanol–water partition coefficient (Wildman–Crippen LogP) is 4.24. The van der Waals surface area contributed by atoms with Gasteiger partial charge in [0, 0.05) is 11.8 Å². The number of imide groups is 1. The molecular weight excluding hydrogens is 475 g/mol. The van der Waals surface area contributed by atoms with Gasteiger partial charge in [-0.3, -0.25) is 14.4 Å². The third kappa shape index (κ3) is 3.36. The van der Waals surface area contributed by atoms with Crippen molar-refractivity contribution >= 4 is 29.4 Å². The monoisotopic (exact) mass is 498 g/mol. The molecule has 0 N–H and O–H groups in total. The fourth-order valence-electron chi connectivity index (χ4n) is 5.86. The molecule has 0 unspecified atom stereocenters. The Morgan fingerprint density at radius 1 is 0.865 bits per heavy atom. The van der Waals surface area contributed by atoms with Crippen molar-refractivity contribution in [2.24, 2.45) is 11.8 Å². The van der Waals surface area contributed by atoms with Gasteiger partial charge in [-0.1, -0.05) is 24.3 Å². The van der Waals surface area contributed by atoms with E-state index >= 15 is 0 Å². The van der Waals surface area contributed by atoms with E-state index in [1.165, 1.54) is 38.5 Å². The van der Waals surface area contributed by atoms with Gasteiger partial charge in [-0.15, -0.1) is 0 Å². The highest BCUT2D eigenvalue weighted by molar-refractivity contribution is 6.24. The number of rotatable bonds is 5. The van der Waals surface area contributed by atoms with Crippen molar-refractivity contribution < 1.29 is 28.2 Å². The van der Waals surface area contributed by atoms with Crippen molar-refractivity contribution in [1.29, 1.82) is 0 Å². The molecule has 3 aromatic rings. The summed E-state index contributed by atoms with van der Waals surface area (Å²) in [5.41, 5.74) is 2.44. The lowest BCUT2D eigenvalue weighted by Crippen LogP contribution is -2.44. The van der Waals surface area contributed by atoms with Crippen LogP contribution in [0.1, 0.15) is 27.5 Å². The number of ketones is 1. The molecule has 8 heteroatoms. The summed E-state index contributed by atoms with van der Waals surface area (Å²) in [6.45, 7) is 0. The van der Waals surface area contributed by atoms with Gasteiger partial charge in [-0.25, -0.2) is 9.29 Å². The molecule has 7 nitrogen and oxygen atoms in total. The van der Waals surface area contributed by atoms with Crippen LogP contribution >= 0.6 is 0 Å². The second-order valence-electron chi connectivity index (χ2n) is 9.26. The number of benzene rings is 3. The molecule has 3 heterocycles. The highest BCUT2D eigenvalue weighted by Crippen LogP contribution is 2.53. The van der Waals surface area contributed by atoms with Crippen LogP contribution in [0.3, 0.4) is 0 Å². The maximum Gasteiger partial charge on any atom is 0.240 e. The van der Waals surface area contributed by atoms with E-state index in [4.69, 9.17) is 9.47 Å². The van der Waals surface area contributed by atoms with E-state index in [1.807, 2.05) is 35.2 Å². The predicted molar refractivity (Wildman–Crippen MR) is 134 cm³/mol. The topological polar surface area (TPSA) is 76.2 Å². The van der Waals surface area contributed by atoms with Crippen molar-refractivity contribution in [2.45, 2.75) is 12.1 Å². The number of hydrogen-bond donors (Lipinski definition) is 0. The molecular formula is C29H23FN2O5. The molecule has 2 fully saturated rings.